The molecule has 0 aliphatic carbocycles. The van der Waals surface area contributed by atoms with Crippen molar-refractivity contribution in [3.05, 3.63) is 35.4 Å². The molecule has 15 heavy (non-hydrogen) atoms. The fourth-order valence-electron chi connectivity index (χ4n) is 1.87. The van der Waals surface area contributed by atoms with Crippen molar-refractivity contribution in [1.82, 2.24) is 5.32 Å². The summed E-state index contributed by atoms with van der Waals surface area (Å²) in [5, 5.41) is 13.4. The summed E-state index contributed by atoms with van der Waals surface area (Å²) in [7, 11) is 0. The minimum atomic E-state index is -0.481. The lowest BCUT2D eigenvalue weighted by Crippen LogP contribution is -2.45. The van der Waals surface area contributed by atoms with E-state index in [2.05, 4.69) is 5.32 Å². The third-order valence-corrected chi connectivity index (χ3v) is 2.72. The number of morpholine rings is 1. The van der Waals surface area contributed by atoms with Crippen LogP contribution in [0.4, 0.5) is 0 Å². The predicted molar refractivity (Wildman–Crippen MR) is 58.7 cm³/mol. The molecule has 0 saturated carbocycles. The van der Waals surface area contributed by atoms with Crippen molar-refractivity contribution in [2.45, 2.75) is 19.1 Å². The molecule has 1 fully saturated rings. The van der Waals surface area contributed by atoms with Gasteiger partial charge in [0.25, 0.3) is 0 Å². The molecular weight excluding hydrogens is 190 g/mol. The normalized spacial score (nSPS) is 23.7. The van der Waals surface area contributed by atoms with Crippen LogP contribution in [0.25, 0.3) is 0 Å². The summed E-state index contributed by atoms with van der Waals surface area (Å²) in [4.78, 5) is 0. The van der Waals surface area contributed by atoms with Gasteiger partial charge in [0.05, 0.1) is 25.4 Å². The number of nitrogens with one attached hydrogen (secondary N) is 1. The Hall–Kier alpha value is -0.900. The lowest BCUT2D eigenvalue weighted by molar-refractivity contribution is 0.0177. The van der Waals surface area contributed by atoms with Crippen LogP contribution in [0.1, 0.15) is 17.2 Å². The molecule has 1 heterocycles. The first kappa shape index (κ1) is 10.6. The molecule has 0 amide bonds. The Morgan fingerprint density at radius 1 is 1.53 bits per heavy atom. The Morgan fingerprint density at radius 2 is 2.40 bits per heavy atom. The number of hydrogen-bond donors (Lipinski definition) is 2. The maximum absolute atomic E-state index is 10.1. The summed E-state index contributed by atoms with van der Waals surface area (Å²) < 4.78 is 5.33. The Kier molecular flexibility index (Phi) is 3.36. The minimum Gasteiger partial charge on any atom is -0.387 e. The van der Waals surface area contributed by atoms with Crippen LogP contribution in [0.2, 0.25) is 0 Å². The average molecular weight is 207 g/mol. The summed E-state index contributed by atoms with van der Waals surface area (Å²) in [6.45, 7) is 4.15. The molecule has 3 heteroatoms. The van der Waals surface area contributed by atoms with Gasteiger partial charge < -0.3 is 15.2 Å². The summed E-state index contributed by atoms with van der Waals surface area (Å²) >= 11 is 0. The molecular formula is C12H17NO2. The summed E-state index contributed by atoms with van der Waals surface area (Å²) in [6.07, 6.45) is -0.481. The zero-order valence-corrected chi connectivity index (χ0v) is 8.94. The van der Waals surface area contributed by atoms with E-state index in [4.69, 9.17) is 4.74 Å². The van der Waals surface area contributed by atoms with Gasteiger partial charge in [-0.25, -0.2) is 0 Å². The highest BCUT2D eigenvalue weighted by molar-refractivity contribution is 5.25. The van der Waals surface area contributed by atoms with E-state index in [0.717, 1.165) is 18.7 Å². The summed E-state index contributed by atoms with van der Waals surface area (Å²) in [5.41, 5.74) is 2.13. The summed E-state index contributed by atoms with van der Waals surface area (Å²) in [5.74, 6) is 0. The second kappa shape index (κ2) is 4.75. The number of aryl methyl sites for hydroxylation is 1. The van der Waals surface area contributed by atoms with Crippen LogP contribution in [-0.2, 0) is 4.74 Å². The van der Waals surface area contributed by atoms with Gasteiger partial charge in [0.2, 0.25) is 0 Å². The highest BCUT2D eigenvalue weighted by atomic mass is 16.5. The van der Waals surface area contributed by atoms with Crippen LogP contribution in [0.3, 0.4) is 0 Å². The molecule has 1 aromatic rings. The molecule has 0 aromatic heterocycles. The Labute approximate surface area is 90.1 Å². The van der Waals surface area contributed by atoms with E-state index in [-0.39, 0.29) is 6.04 Å². The Bertz CT molecular complexity index is 321. The van der Waals surface area contributed by atoms with Gasteiger partial charge in [-0.05, 0) is 12.5 Å². The van der Waals surface area contributed by atoms with E-state index in [1.807, 2.05) is 31.2 Å². The number of aliphatic hydroxyl groups excluding tert-OH is 1. The van der Waals surface area contributed by atoms with Crippen molar-refractivity contribution < 1.29 is 9.84 Å². The molecule has 1 aliphatic rings. The molecule has 3 nitrogen and oxygen atoms in total. The number of aliphatic hydroxyl groups is 1. The lowest BCUT2D eigenvalue weighted by Gasteiger charge is -2.28. The van der Waals surface area contributed by atoms with Gasteiger partial charge >= 0.3 is 0 Å². The summed E-state index contributed by atoms with van der Waals surface area (Å²) in [6, 6.07) is 7.98. The van der Waals surface area contributed by atoms with E-state index in [9.17, 15) is 5.11 Å². The largest absolute Gasteiger partial charge is 0.387 e. The molecule has 0 radical (unpaired) electrons. The van der Waals surface area contributed by atoms with E-state index in [1.54, 1.807) is 0 Å². The lowest BCUT2D eigenvalue weighted by atomic mass is 10.0. The van der Waals surface area contributed by atoms with Gasteiger partial charge in [0.15, 0.2) is 0 Å². The van der Waals surface area contributed by atoms with Crippen LogP contribution >= 0.6 is 0 Å². The molecule has 0 spiro atoms. The SMILES string of the molecule is Cc1cccc(C(O)C2COCCN2)c1. The van der Waals surface area contributed by atoms with Crippen molar-refractivity contribution in [1.29, 1.82) is 0 Å². The first-order valence-electron chi connectivity index (χ1n) is 5.33. The predicted octanol–water partition coefficient (Wildman–Crippen LogP) is 1.02. The van der Waals surface area contributed by atoms with Crippen LogP contribution in [0.5, 0.6) is 0 Å². The van der Waals surface area contributed by atoms with E-state index in [1.165, 1.54) is 5.56 Å². The average Bonchev–Trinajstić information content (AvgIpc) is 2.29. The maximum atomic E-state index is 10.1. The molecule has 1 saturated heterocycles. The number of ether oxygens (including phenoxy) is 1. The van der Waals surface area contributed by atoms with E-state index in [0.29, 0.717) is 6.61 Å². The topological polar surface area (TPSA) is 41.5 Å². The zero-order valence-electron chi connectivity index (χ0n) is 8.94. The Balaban J connectivity index is 2.08. The first-order chi connectivity index (χ1) is 7.27. The smallest absolute Gasteiger partial charge is 0.0965 e. The quantitative estimate of drug-likeness (QED) is 0.760. The van der Waals surface area contributed by atoms with Crippen LogP contribution in [-0.4, -0.2) is 30.9 Å². The van der Waals surface area contributed by atoms with Gasteiger partial charge in [-0.3, -0.25) is 0 Å². The monoisotopic (exact) mass is 207 g/mol. The van der Waals surface area contributed by atoms with Gasteiger partial charge in [-0.1, -0.05) is 29.8 Å². The molecule has 2 atom stereocenters. The van der Waals surface area contributed by atoms with Gasteiger partial charge in [-0.2, -0.15) is 0 Å². The van der Waals surface area contributed by atoms with Crippen molar-refractivity contribution in [3.63, 3.8) is 0 Å². The third-order valence-electron chi connectivity index (χ3n) is 2.72. The molecule has 0 bridgehead atoms. The number of rotatable bonds is 2. The number of hydrogen-bond acceptors (Lipinski definition) is 3. The van der Waals surface area contributed by atoms with E-state index < -0.39 is 6.10 Å². The molecule has 2 N–H and O–H groups in total. The fraction of sp³-hybridized carbons (Fsp3) is 0.500. The molecule has 1 aromatic carbocycles. The van der Waals surface area contributed by atoms with Gasteiger partial charge in [-0.15, -0.1) is 0 Å². The highest BCUT2D eigenvalue weighted by Crippen LogP contribution is 2.19. The van der Waals surface area contributed by atoms with Crippen molar-refractivity contribution in [3.8, 4) is 0 Å². The minimum absolute atomic E-state index is 0.0144. The van der Waals surface area contributed by atoms with Gasteiger partial charge in [0, 0.05) is 6.54 Å². The van der Waals surface area contributed by atoms with Crippen LogP contribution in [0.15, 0.2) is 24.3 Å². The standard InChI is InChI=1S/C12H17NO2/c1-9-3-2-4-10(7-9)12(14)11-8-15-6-5-13-11/h2-4,7,11-14H,5-6,8H2,1H3. The van der Waals surface area contributed by atoms with Gasteiger partial charge in [0.1, 0.15) is 0 Å². The van der Waals surface area contributed by atoms with Crippen molar-refractivity contribution in [2.24, 2.45) is 0 Å². The zero-order chi connectivity index (χ0) is 10.7. The second-order valence-corrected chi connectivity index (χ2v) is 3.99. The Morgan fingerprint density at radius 3 is 3.07 bits per heavy atom. The molecule has 82 valence electrons. The first-order valence-corrected chi connectivity index (χ1v) is 5.33. The highest BCUT2D eigenvalue weighted by Gasteiger charge is 2.22. The number of benzene rings is 1. The maximum Gasteiger partial charge on any atom is 0.0965 e. The van der Waals surface area contributed by atoms with Crippen molar-refractivity contribution in [2.75, 3.05) is 19.8 Å². The fourth-order valence-corrected chi connectivity index (χ4v) is 1.87. The van der Waals surface area contributed by atoms with E-state index >= 15 is 0 Å². The second-order valence-electron chi connectivity index (χ2n) is 3.99. The molecule has 2 unspecified atom stereocenters. The molecule has 2 rings (SSSR count). The third kappa shape index (κ3) is 2.56. The molecule has 1 aliphatic heterocycles. The van der Waals surface area contributed by atoms with Crippen LogP contribution in [0, 0.1) is 6.92 Å². The van der Waals surface area contributed by atoms with Crippen LogP contribution < -0.4 is 5.32 Å². The van der Waals surface area contributed by atoms with Crippen molar-refractivity contribution >= 4 is 0 Å².